The molecule has 1 saturated heterocycles. The number of benzene rings is 2. The van der Waals surface area contributed by atoms with Gasteiger partial charge in [-0.3, -0.25) is 4.90 Å². The van der Waals surface area contributed by atoms with E-state index in [-0.39, 0.29) is 11.9 Å². The molecule has 1 heterocycles. The molecule has 5 nitrogen and oxygen atoms in total. The number of nitrogens with two attached hydrogens (primary N) is 1. The van der Waals surface area contributed by atoms with Crippen LogP contribution in [-0.4, -0.2) is 41.5 Å². The summed E-state index contributed by atoms with van der Waals surface area (Å²) in [6, 6.07) is 11.6. The van der Waals surface area contributed by atoms with Gasteiger partial charge in [0.15, 0.2) is 6.23 Å². The molecule has 2 aromatic carbocycles. The summed E-state index contributed by atoms with van der Waals surface area (Å²) in [5, 5.41) is 10.2. The lowest BCUT2D eigenvalue weighted by molar-refractivity contribution is -0.0506. The minimum Gasteiger partial charge on any atom is -0.489 e. The number of hydrogen-bond acceptors (Lipinski definition) is 5. The number of aryl methyl sites for hydroxylation is 1. The van der Waals surface area contributed by atoms with Crippen molar-refractivity contribution in [3.8, 4) is 11.5 Å². The first-order chi connectivity index (χ1) is 12.4. The van der Waals surface area contributed by atoms with Gasteiger partial charge in [-0.15, -0.1) is 0 Å². The van der Waals surface area contributed by atoms with Crippen LogP contribution < -0.4 is 15.2 Å². The largest absolute Gasteiger partial charge is 0.489 e. The minimum absolute atomic E-state index is 0.0415. The summed E-state index contributed by atoms with van der Waals surface area (Å²) in [5.74, 6) is 0.915. The Labute approximate surface area is 153 Å². The summed E-state index contributed by atoms with van der Waals surface area (Å²) < 4.78 is 25.0. The maximum Gasteiger partial charge on any atom is 0.178 e. The predicted octanol–water partition coefficient (Wildman–Crippen LogP) is 2.96. The minimum atomic E-state index is -0.695. The van der Waals surface area contributed by atoms with Gasteiger partial charge in [-0.1, -0.05) is 6.07 Å². The normalized spacial score (nSPS) is 19.9. The topological polar surface area (TPSA) is 68.0 Å². The highest BCUT2D eigenvalue weighted by atomic mass is 19.1. The van der Waals surface area contributed by atoms with Crippen LogP contribution in [0, 0.1) is 12.7 Å². The van der Waals surface area contributed by atoms with Crippen molar-refractivity contribution in [1.29, 1.82) is 0 Å². The number of aliphatic hydroxyl groups is 1. The number of anilines is 1. The molecule has 3 unspecified atom stereocenters. The van der Waals surface area contributed by atoms with Gasteiger partial charge < -0.3 is 20.3 Å². The van der Waals surface area contributed by atoms with Crippen molar-refractivity contribution >= 4 is 5.69 Å². The van der Waals surface area contributed by atoms with Gasteiger partial charge in [0.2, 0.25) is 0 Å². The number of ether oxygens (including phenoxy) is 2. The molecule has 0 aliphatic carbocycles. The van der Waals surface area contributed by atoms with Crippen molar-refractivity contribution in [3.63, 3.8) is 0 Å². The van der Waals surface area contributed by atoms with Crippen molar-refractivity contribution in [2.75, 3.05) is 18.8 Å². The van der Waals surface area contributed by atoms with E-state index in [2.05, 4.69) is 0 Å². The predicted molar refractivity (Wildman–Crippen MR) is 98.7 cm³/mol. The highest BCUT2D eigenvalue weighted by Crippen LogP contribution is 2.27. The monoisotopic (exact) mass is 360 g/mol. The third-order valence-corrected chi connectivity index (χ3v) is 4.48. The molecule has 0 bridgehead atoms. The molecule has 0 saturated carbocycles. The Kier molecular flexibility index (Phi) is 5.64. The molecule has 3 atom stereocenters. The summed E-state index contributed by atoms with van der Waals surface area (Å²) in [6.07, 6.45) is -0.451. The molecule has 1 aliphatic heterocycles. The molecule has 2 aromatic rings. The summed E-state index contributed by atoms with van der Waals surface area (Å²) in [6.45, 7) is 5.00. The van der Waals surface area contributed by atoms with Crippen molar-refractivity contribution in [2.24, 2.45) is 0 Å². The number of nitrogens with zero attached hydrogens (tertiary/aromatic N) is 1. The number of nitrogen functional groups attached to an aromatic ring is 1. The first-order valence-corrected chi connectivity index (χ1v) is 8.79. The molecular weight excluding hydrogens is 335 g/mol. The van der Waals surface area contributed by atoms with E-state index < -0.39 is 12.3 Å². The van der Waals surface area contributed by atoms with Gasteiger partial charge in [-0.25, -0.2) is 4.39 Å². The summed E-state index contributed by atoms with van der Waals surface area (Å²) in [7, 11) is 0. The van der Waals surface area contributed by atoms with Gasteiger partial charge in [0.05, 0.1) is 5.69 Å². The summed E-state index contributed by atoms with van der Waals surface area (Å²) in [5.41, 5.74) is 7.58. The van der Waals surface area contributed by atoms with E-state index in [1.807, 2.05) is 24.0 Å². The summed E-state index contributed by atoms with van der Waals surface area (Å²) in [4.78, 5) is 2.04. The van der Waals surface area contributed by atoms with Crippen LogP contribution in [0.3, 0.4) is 0 Å². The zero-order valence-electron chi connectivity index (χ0n) is 15.1. The van der Waals surface area contributed by atoms with Crippen molar-refractivity contribution in [1.82, 2.24) is 4.90 Å². The van der Waals surface area contributed by atoms with Crippen LogP contribution >= 0.6 is 0 Å². The molecule has 26 heavy (non-hydrogen) atoms. The number of aliphatic hydroxyl groups excluding tert-OH is 1. The third-order valence-electron chi connectivity index (χ3n) is 4.48. The molecule has 6 heteroatoms. The molecular formula is C20H25FN2O3. The van der Waals surface area contributed by atoms with Crippen LogP contribution in [0.15, 0.2) is 42.5 Å². The van der Waals surface area contributed by atoms with E-state index in [1.54, 1.807) is 25.1 Å². The van der Waals surface area contributed by atoms with Gasteiger partial charge >= 0.3 is 0 Å². The fourth-order valence-electron chi connectivity index (χ4n) is 3.14. The Balaban J connectivity index is 1.65. The van der Waals surface area contributed by atoms with E-state index in [0.717, 1.165) is 18.5 Å². The van der Waals surface area contributed by atoms with E-state index in [1.165, 1.54) is 12.1 Å². The SMILES string of the molecule is Cc1ccc(N)c(OC(C(C)O)N2CCC(Oc3ccc(F)cc3)C2)c1. The zero-order valence-corrected chi connectivity index (χ0v) is 15.1. The highest BCUT2D eigenvalue weighted by Gasteiger charge is 2.33. The lowest BCUT2D eigenvalue weighted by atomic mass is 10.2. The molecule has 140 valence electrons. The van der Waals surface area contributed by atoms with Crippen LogP contribution in [0.25, 0.3) is 0 Å². The molecule has 0 radical (unpaired) electrons. The molecule has 3 N–H and O–H groups in total. The number of halogens is 1. The van der Waals surface area contributed by atoms with E-state index in [4.69, 9.17) is 15.2 Å². The molecule has 3 rings (SSSR count). The first kappa shape index (κ1) is 18.5. The van der Waals surface area contributed by atoms with Crippen LogP contribution in [-0.2, 0) is 0 Å². The average molecular weight is 360 g/mol. The Morgan fingerprint density at radius 3 is 2.65 bits per heavy atom. The fraction of sp³-hybridized carbons (Fsp3) is 0.400. The van der Waals surface area contributed by atoms with Gasteiger partial charge in [-0.2, -0.15) is 0 Å². The second kappa shape index (κ2) is 7.93. The third kappa shape index (κ3) is 4.45. The van der Waals surface area contributed by atoms with Crippen LogP contribution in [0.5, 0.6) is 11.5 Å². The number of rotatable bonds is 6. The zero-order chi connectivity index (χ0) is 18.7. The van der Waals surface area contributed by atoms with Crippen LogP contribution in [0.2, 0.25) is 0 Å². The van der Waals surface area contributed by atoms with Crippen molar-refractivity contribution < 1.29 is 19.0 Å². The second-order valence-electron chi connectivity index (χ2n) is 6.77. The molecule has 0 aromatic heterocycles. The van der Waals surface area contributed by atoms with Gasteiger partial charge in [-0.05, 0) is 62.2 Å². The van der Waals surface area contributed by atoms with Crippen LogP contribution in [0.1, 0.15) is 18.9 Å². The molecule has 1 aliphatic rings. The lowest BCUT2D eigenvalue weighted by Crippen LogP contribution is -2.46. The fourth-order valence-corrected chi connectivity index (χ4v) is 3.14. The van der Waals surface area contributed by atoms with Gasteiger partial charge in [0.1, 0.15) is 29.5 Å². The standard InChI is InChI=1S/C20H25FN2O3/c1-13-3-8-18(22)19(11-13)26-20(14(2)24)23-10-9-17(12-23)25-16-6-4-15(21)5-7-16/h3-8,11,14,17,20,24H,9-10,12,22H2,1-2H3. The Morgan fingerprint density at radius 1 is 1.23 bits per heavy atom. The van der Waals surface area contributed by atoms with Gasteiger partial charge in [0, 0.05) is 13.1 Å². The maximum absolute atomic E-state index is 13.0. The van der Waals surface area contributed by atoms with Gasteiger partial charge in [0.25, 0.3) is 0 Å². The lowest BCUT2D eigenvalue weighted by Gasteiger charge is -2.31. The Bertz CT molecular complexity index is 736. The Morgan fingerprint density at radius 2 is 1.96 bits per heavy atom. The van der Waals surface area contributed by atoms with Crippen molar-refractivity contribution in [3.05, 3.63) is 53.8 Å². The van der Waals surface area contributed by atoms with E-state index in [9.17, 15) is 9.50 Å². The average Bonchev–Trinajstić information content (AvgIpc) is 3.05. The van der Waals surface area contributed by atoms with E-state index in [0.29, 0.717) is 23.7 Å². The number of hydrogen-bond donors (Lipinski definition) is 2. The highest BCUT2D eigenvalue weighted by molar-refractivity contribution is 5.53. The molecule has 1 fully saturated rings. The molecule has 0 spiro atoms. The first-order valence-electron chi connectivity index (χ1n) is 8.79. The van der Waals surface area contributed by atoms with E-state index >= 15 is 0 Å². The number of likely N-dealkylation sites (tertiary alicyclic amines) is 1. The summed E-state index contributed by atoms with van der Waals surface area (Å²) >= 11 is 0. The van der Waals surface area contributed by atoms with Crippen LogP contribution in [0.4, 0.5) is 10.1 Å². The smallest absolute Gasteiger partial charge is 0.178 e. The van der Waals surface area contributed by atoms with Crippen molar-refractivity contribution in [2.45, 2.75) is 38.7 Å². The maximum atomic E-state index is 13.0. The second-order valence-corrected chi connectivity index (χ2v) is 6.77. The quantitative estimate of drug-likeness (QED) is 0.775. The Hall–Kier alpha value is -2.31. The molecule has 0 amide bonds.